The molecular formula is C31H33FN4O4. The summed E-state index contributed by atoms with van der Waals surface area (Å²) in [6.45, 7) is 6.06. The van der Waals surface area contributed by atoms with Gasteiger partial charge in [-0.05, 0) is 60.2 Å². The van der Waals surface area contributed by atoms with Crippen molar-refractivity contribution in [2.45, 2.75) is 45.3 Å². The van der Waals surface area contributed by atoms with Gasteiger partial charge in [-0.15, -0.1) is 4.99 Å². The SMILES string of the molecule is CC(C)C[C@]1(c2ccccc2)N/C(=N\C(=O)O)N([C@H](C)c2cccc(C(=O)N(C)Cc3ccc(F)cc3)c2)C1=O. The molecule has 40 heavy (non-hydrogen) atoms. The van der Waals surface area contributed by atoms with Crippen LogP contribution >= 0.6 is 0 Å². The molecule has 0 bridgehead atoms. The lowest BCUT2D eigenvalue weighted by Gasteiger charge is -2.30. The lowest BCUT2D eigenvalue weighted by Crippen LogP contribution is -2.45. The van der Waals surface area contributed by atoms with E-state index in [9.17, 15) is 23.9 Å². The van der Waals surface area contributed by atoms with E-state index in [0.717, 1.165) is 5.56 Å². The molecular weight excluding hydrogens is 511 g/mol. The van der Waals surface area contributed by atoms with Crippen molar-refractivity contribution in [2.75, 3.05) is 7.05 Å². The molecule has 3 aromatic rings. The minimum Gasteiger partial charge on any atom is -0.463 e. The number of benzene rings is 3. The third kappa shape index (κ3) is 5.88. The van der Waals surface area contributed by atoms with Crippen molar-refractivity contribution in [1.82, 2.24) is 15.1 Å². The number of aliphatic imine (C=N–C) groups is 1. The van der Waals surface area contributed by atoms with Gasteiger partial charge >= 0.3 is 6.09 Å². The van der Waals surface area contributed by atoms with E-state index in [-0.39, 0.29) is 36.1 Å². The summed E-state index contributed by atoms with van der Waals surface area (Å²) < 4.78 is 13.3. The number of guanidine groups is 1. The van der Waals surface area contributed by atoms with Crippen molar-refractivity contribution in [3.63, 3.8) is 0 Å². The van der Waals surface area contributed by atoms with E-state index in [2.05, 4.69) is 10.3 Å². The second-order valence-corrected chi connectivity index (χ2v) is 10.5. The van der Waals surface area contributed by atoms with Gasteiger partial charge in [-0.2, -0.15) is 0 Å². The van der Waals surface area contributed by atoms with Gasteiger partial charge in [0.15, 0.2) is 0 Å². The minimum atomic E-state index is -1.42. The van der Waals surface area contributed by atoms with Gasteiger partial charge in [0.05, 0.1) is 6.04 Å². The van der Waals surface area contributed by atoms with E-state index in [4.69, 9.17) is 0 Å². The molecule has 1 fully saturated rings. The van der Waals surface area contributed by atoms with Crippen molar-refractivity contribution in [2.24, 2.45) is 10.9 Å². The van der Waals surface area contributed by atoms with Crippen LogP contribution in [0.4, 0.5) is 9.18 Å². The molecule has 4 rings (SSSR count). The van der Waals surface area contributed by atoms with Crippen LogP contribution in [-0.2, 0) is 16.9 Å². The first-order valence-electron chi connectivity index (χ1n) is 13.1. The summed E-state index contributed by atoms with van der Waals surface area (Å²) in [4.78, 5) is 45.8. The van der Waals surface area contributed by atoms with Crippen molar-refractivity contribution in [1.29, 1.82) is 0 Å². The number of rotatable bonds is 8. The molecule has 0 aliphatic carbocycles. The minimum absolute atomic E-state index is 0.0559. The topological polar surface area (TPSA) is 102 Å². The van der Waals surface area contributed by atoms with Crippen molar-refractivity contribution in [3.8, 4) is 0 Å². The number of amides is 3. The zero-order chi connectivity index (χ0) is 29.0. The van der Waals surface area contributed by atoms with Crippen LogP contribution in [0.1, 0.15) is 60.3 Å². The average Bonchev–Trinajstić information content (AvgIpc) is 3.19. The summed E-state index contributed by atoms with van der Waals surface area (Å²) in [5.74, 6) is -0.858. The number of halogens is 1. The molecule has 3 amide bonds. The van der Waals surface area contributed by atoms with Gasteiger partial charge in [0.1, 0.15) is 11.4 Å². The number of carboxylic acid groups (broad SMARTS) is 1. The van der Waals surface area contributed by atoms with E-state index in [1.807, 2.05) is 44.2 Å². The number of nitrogens with one attached hydrogen (secondary N) is 1. The van der Waals surface area contributed by atoms with Gasteiger partial charge in [-0.1, -0.05) is 68.4 Å². The Bertz CT molecular complexity index is 1420. The summed E-state index contributed by atoms with van der Waals surface area (Å²) in [6.07, 6.45) is -1.00. The second-order valence-electron chi connectivity index (χ2n) is 10.5. The molecule has 1 heterocycles. The number of carbonyl (C=O) groups excluding carboxylic acids is 2. The Morgan fingerprint density at radius 2 is 1.70 bits per heavy atom. The Morgan fingerprint density at radius 1 is 1.02 bits per heavy atom. The largest absolute Gasteiger partial charge is 0.463 e. The molecule has 0 saturated carbocycles. The Hall–Kier alpha value is -4.53. The molecule has 2 atom stereocenters. The summed E-state index contributed by atoms with van der Waals surface area (Å²) in [5, 5.41) is 12.7. The lowest BCUT2D eigenvalue weighted by molar-refractivity contribution is -0.133. The van der Waals surface area contributed by atoms with Gasteiger partial charge in [-0.25, -0.2) is 9.18 Å². The molecule has 8 nitrogen and oxygen atoms in total. The zero-order valence-corrected chi connectivity index (χ0v) is 23.0. The van der Waals surface area contributed by atoms with E-state index >= 15 is 0 Å². The fourth-order valence-corrected chi connectivity index (χ4v) is 5.16. The molecule has 0 aromatic heterocycles. The van der Waals surface area contributed by atoms with Crippen LogP contribution in [0.2, 0.25) is 0 Å². The van der Waals surface area contributed by atoms with E-state index < -0.39 is 17.7 Å². The van der Waals surface area contributed by atoms with E-state index in [1.165, 1.54) is 21.9 Å². The second kappa shape index (κ2) is 11.7. The highest BCUT2D eigenvalue weighted by Crippen LogP contribution is 2.39. The quantitative estimate of drug-likeness (QED) is 0.386. The van der Waals surface area contributed by atoms with Crippen molar-refractivity contribution >= 4 is 23.9 Å². The van der Waals surface area contributed by atoms with Crippen LogP contribution in [0.5, 0.6) is 0 Å². The first-order chi connectivity index (χ1) is 19.0. The monoisotopic (exact) mass is 544 g/mol. The molecule has 9 heteroatoms. The predicted octanol–water partition coefficient (Wildman–Crippen LogP) is 5.57. The van der Waals surface area contributed by atoms with Crippen LogP contribution < -0.4 is 5.32 Å². The molecule has 1 aliphatic rings. The molecule has 1 saturated heterocycles. The average molecular weight is 545 g/mol. The van der Waals surface area contributed by atoms with Gasteiger partial charge in [-0.3, -0.25) is 14.5 Å². The standard InChI is InChI=1S/C31H33FN4O4/c1-20(2)18-31(25-11-6-5-7-12-25)28(38)36(29(34-31)33-30(39)40)21(3)23-9-8-10-24(17-23)27(37)35(4)19-22-13-15-26(32)16-14-22/h5-17,20-21H,18-19H2,1-4H3,(H,33,34)(H,39,40)/t21-,31-/m1/s1. The molecule has 0 unspecified atom stereocenters. The molecule has 1 aliphatic heterocycles. The first-order valence-corrected chi connectivity index (χ1v) is 13.1. The third-order valence-electron chi connectivity index (χ3n) is 7.00. The number of carbonyl (C=O) groups is 3. The van der Waals surface area contributed by atoms with Crippen LogP contribution in [0.3, 0.4) is 0 Å². The highest BCUT2D eigenvalue weighted by atomic mass is 19.1. The lowest BCUT2D eigenvalue weighted by atomic mass is 9.82. The maximum Gasteiger partial charge on any atom is 0.434 e. The molecule has 2 N–H and O–H groups in total. The smallest absolute Gasteiger partial charge is 0.434 e. The fraction of sp³-hybridized carbons (Fsp3) is 0.290. The van der Waals surface area contributed by atoms with E-state index in [1.54, 1.807) is 50.4 Å². The van der Waals surface area contributed by atoms with Crippen LogP contribution in [-0.4, -0.2) is 45.8 Å². The van der Waals surface area contributed by atoms with Gasteiger partial charge in [0, 0.05) is 19.2 Å². The van der Waals surface area contributed by atoms with Crippen LogP contribution in [0.25, 0.3) is 0 Å². The highest BCUT2D eigenvalue weighted by Gasteiger charge is 2.53. The predicted molar refractivity (Wildman–Crippen MR) is 150 cm³/mol. The Morgan fingerprint density at radius 3 is 2.33 bits per heavy atom. The van der Waals surface area contributed by atoms with Crippen LogP contribution in [0.15, 0.2) is 83.9 Å². The maximum absolute atomic E-state index is 14.2. The Balaban J connectivity index is 1.67. The fourth-order valence-electron chi connectivity index (χ4n) is 5.16. The normalized spacial score (nSPS) is 18.6. The van der Waals surface area contributed by atoms with E-state index in [0.29, 0.717) is 23.1 Å². The zero-order valence-electron chi connectivity index (χ0n) is 23.0. The molecule has 208 valence electrons. The molecule has 0 spiro atoms. The molecule has 0 radical (unpaired) electrons. The number of hydrogen-bond donors (Lipinski definition) is 2. The van der Waals surface area contributed by atoms with Crippen LogP contribution in [0, 0.1) is 11.7 Å². The van der Waals surface area contributed by atoms with Crippen molar-refractivity contribution in [3.05, 3.63) is 107 Å². The third-order valence-corrected chi connectivity index (χ3v) is 7.00. The van der Waals surface area contributed by atoms with Gasteiger partial charge in [0.25, 0.3) is 11.8 Å². The Labute approximate surface area is 233 Å². The highest BCUT2D eigenvalue weighted by molar-refractivity contribution is 6.11. The van der Waals surface area contributed by atoms with Crippen molar-refractivity contribution < 1.29 is 23.9 Å². The molecule has 3 aromatic carbocycles. The maximum atomic E-state index is 14.2. The number of hydrogen-bond acceptors (Lipinski definition) is 3. The Kier molecular flexibility index (Phi) is 8.32. The summed E-state index contributed by atoms with van der Waals surface area (Å²) in [5.41, 5.74) is 1.35. The summed E-state index contributed by atoms with van der Waals surface area (Å²) in [6, 6.07) is 21.4. The summed E-state index contributed by atoms with van der Waals surface area (Å²) >= 11 is 0. The van der Waals surface area contributed by atoms with Gasteiger partial charge in [0.2, 0.25) is 5.96 Å². The van der Waals surface area contributed by atoms with Gasteiger partial charge < -0.3 is 15.3 Å². The first kappa shape index (κ1) is 28.5. The summed E-state index contributed by atoms with van der Waals surface area (Å²) in [7, 11) is 1.66. The number of nitrogens with zero attached hydrogens (tertiary/aromatic N) is 3.